The van der Waals surface area contributed by atoms with Gasteiger partial charge in [0.1, 0.15) is 5.82 Å². The minimum atomic E-state index is -0.395. The fourth-order valence-corrected chi connectivity index (χ4v) is 2.30. The summed E-state index contributed by atoms with van der Waals surface area (Å²) in [7, 11) is 0. The second-order valence-corrected chi connectivity index (χ2v) is 5.50. The summed E-state index contributed by atoms with van der Waals surface area (Å²) in [6.07, 6.45) is 7.10. The van der Waals surface area contributed by atoms with Gasteiger partial charge in [-0.1, -0.05) is 39.0 Å². The van der Waals surface area contributed by atoms with Gasteiger partial charge in [-0.15, -0.1) is 0 Å². The number of rotatable bonds is 8. The SMILES string of the molecule is CCCCCCCCNC(=O)c1cc(F)ccc1Br. The van der Waals surface area contributed by atoms with E-state index in [9.17, 15) is 9.18 Å². The second kappa shape index (κ2) is 9.08. The van der Waals surface area contributed by atoms with Gasteiger partial charge in [0.15, 0.2) is 0 Å². The van der Waals surface area contributed by atoms with E-state index in [0.29, 0.717) is 16.6 Å². The monoisotopic (exact) mass is 329 g/mol. The average Bonchev–Trinajstić information content (AvgIpc) is 2.40. The third-order valence-electron chi connectivity index (χ3n) is 2.99. The molecule has 0 bridgehead atoms. The van der Waals surface area contributed by atoms with Crippen molar-refractivity contribution in [3.8, 4) is 0 Å². The summed E-state index contributed by atoms with van der Waals surface area (Å²) in [6, 6.07) is 4.13. The van der Waals surface area contributed by atoms with Gasteiger partial charge in [0.2, 0.25) is 0 Å². The maximum atomic E-state index is 13.1. The molecular weight excluding hydrogens is 309 g/mol. The molecule has 1 N–H and O–H groups in total. The molecule has 0 unspecified atom stereocenters. The summed E-state index contributed by atoms with van der Waals surface area (Å²) in [4.78, 5) is 11.8. The third kappa shape index (κ3) is 6.19. The van der Waals surface area contributed by atoms with Gasteiger partial charge in [-0.05, 0) is 40.5 Å². The van der Waals surface area contributed by atoms with Gasteiger partial charge in [-0.2, -0.15) is 0 Å². The van der Waals surface area contributed by atoms with Crippen LogP contribution in [0.2, 0.25) is 0 Å². The van der Waals surface area contributed by atoms with Crippen molar-refractivity contribution < 1.29 is 9.18 Å². The van der Waals surface area contributed by atoms with Gasteiger partial charge in [0.25, 0.3) is 5.91 Å². The highest BCUT2D eigenvalue weighted by Gasteiger charge is 2.10. The molecule has 0 spiro atoms. The Morgan fingerprint density at radius 1 is 1.21 bits per heavy atom. The zero-order valence-electron chi connectivity index (χ0n) is 11.3. The van der Waals surface area contributed by atoms with E-state index in [-0.39, 0.29) is 5.91 Å². The topological polar surface area (TPSA) is 29.1 Å². The number of carbonyl (C=O) groups is 1. The molecule has 1 aromatic carbocycles. The van der Waals surface area contributed by atoms with E-state index in [1.54, 1.807) is 6.07 Å². The Balaban J connectivity index is 2.26. The third-order valence-corrected chi connectivity index (χ3v) is 3.68. The standard InChI is InChI=1S/C15H21BrFNO/c1-2-3-4-5-6-7-10-18-15(19)13-11-12(17)8-9-14(13)16/h8-9,11H,2-7,10H2,1H3,(H,18,19). The van der Waals surface area contributed by atoms with Crippen molar-refractivity contribution >= 4 is 21.8 Å². The first-order chi connectivity index (χ1) is 9.15. The molecule has 0 heterocycles. The van der Waals surface area contributed by atoms with Gasteiger partial charge in [0, 0.05) is 11.0 Å². The molecule has 0 atom stereocenters. The summed E-state index contributed by atoms with van der Waals surface area (Å²) in [6.45, 7) is 2.84. The maximum Gasteiger partial charge on any atom is 0.252 e. The van der Waals surface area contributed by atoms with E-state index in [1.165, 1.54) is 37.8 Å². The molecule has 106 valence electrons. The van der Waals surface area contributed by atoms with E-state index in [1.807, 2.05) is 0 Å². The molecule has 1 rings (SSSR count). The van der Waals surface area contributed by atoms with Crippen LogP contribution in [0.25, 0.3) is 0 Å². The smallest absolute Gasteiger partial charge is 0.252 e. The summed E-state index contributed by atoms with van der Waals surface area (Å²) >= 11 is 3.25. The zero-order valence-corrected chi connectivity index (χ0v) is 12.9. The lowest BCUT2D eigenvalue weighted by molar-refractivity contribution is 0.0951. The van der Waals surface area contributed by atoms with E-state index in [0.717, 1.165) is 12.8 Å². The first kappa shape index (κ1) is 16.2. The summed E-state index contributed by atoms with van der Waals surface area (Å²) in [5.41, 5.74) is 0.353. The van der Waals surface area contributed by atoms with E-state index in [2.05, 4.69) is 28.2 Å². The Hall–Kier alpha value is -0.900. The van der Waals surface area contributed by atoms with Crippen molar-refractivity contribution in [1.82, 2.24) is 5.32 Å². The Kier molecular flexibility index (Phi) is 7.72. The number of unbranched alkanes of at least 4 members (excludes halogenated alkanes) is 5. The summed E-state index contributed by atoms with van der Waals surface area (Å²) in [5.74, 6) is -0.618. The van der Waals surface area contributed by atoms with Crippen LogP contribution in [0.5, 0.6) is 0 Å². The molecule has 0 radical (unpaired) electrons. The molecule has 0 aliphatic carbocycles. The van der Waals surface area contributed by atoms with Crippen molar-refractivity contribution in [1.29, 1.82) is 0 Å². The molecule has 0 aliphatic rings. The van der Waals surface area contributed by atoms with Crippen LogP contribution in [0.4, 0.5) is 4.39 Å². The molecule has 1 amide bonds. The maximum absolute atomic E-state index is 13.1. The minimum Gasteiger partial charge on any atom is -0.352 e. The van der Waals surface area contributed by atoms with E-state index < -0.39 is 5.82 Å². The van der Waals surface area contributed by atoms with Crippen LogP contribution < -0.4 is 5.32 Å². The highest BCUT2D eigenvalue weighted by Crippen LogP contribution is 2.17. The fourth-order valence-electron chi connectivity index (χ4n) is 1.87. The number of hydrogen-bond acceptors (Lipinski definition) is 1. The van der Waals surface area contributed by atoms with Crippen LogP contribution in [-0.2, 0) is 0 Å². The Morgan fingerprint density at radius 2 is 1.89 bits per heavy atom. The number of benzene rings is 1. The molecular formula is C15H21BrFNO. The number of halogens is 2. The van der Waals surface area contributed by atoms with Crippen LogP contribution in [-0.4, -0.2) is 12.5 Å². The Bertz CT molecular complexity index is 409. The van der Waals surface area contributed by atoms with Gasteiger partial charge in [0.05, 0.1) is 5.56 Å². The highest BCUT2D eigenvalue weighted by molar-refractivity contribution is 9.10. The summed E-state index contributed by atoms with van der Waals surface area (Å²) in [5, 5.41) is 2.82. The number of nitrogens with one attached hydrogen (secondary N) is 1. The molecule has 19 heavy (non-hydrogen) atoms. The van der Waals surface area contributed by atoms with Crippen LogP contribution in [0.3, 0.4) is 0 Å². The lowest BCUT2D eigenvalue weighted by atomic mass is 10.1. The van der Waals surface area contributed by atoms with Crippen molar-refractivity contribution in [3.05, 3.63) is 34.1 Å². The van der Waals surface area contributed by atoms with Gasteiger partial charge in [-0.3, -0.25) is 4.79 Å². The van der Waals surface area contributed by atoms with Crippen molar-refractivity contribution in [3.63, 3.8) is 0 Å². The van der Waals surface area contributed by atoms with Gasteiger partial charge >= 0.3 is 0 Å². The van der Waals surface area contributed by atoms with Crippen molar-refractivity contribution in [2.75, 3.05) is 6.54 Å². The predicted octanol–water partition coefficient (Wildman–Crippen LogP) is 4.68. The molecule has 0 saturated carbocycles. The van der Waals surface area contributed by atoms with Crippen LogP contribution >= 0.6 is 15.9 Å². The highest BCUT2D eigenvalue weighted by atomic mass is 79.9. The molecule has 0 fully saturated rings. The lowest BCUT2D eigenvalue weighted by Gasteiger charge is -2.07. The van der Waals surface area contributed by atoms with Crippen LogP contribution in [0.1, 0.15) is 55.8 Å². The molecule has 0 aromatic heterocycles. The van der Waals surface area contributed by atoms with Gasteiger partial charge < -0.3 is 5.32 Å². The quantitative estimate of drug-likeness (QED) is 0.689. The molecule has 0 aliphatic heterocycles. The molecule has 1 aromatic rings. The van der Waals surface area contributed by atoms with Crippen molar-refractivity contribution in [2.45, 2.75) is 45.4 Å². The van der Waals surface area contributed by atoms with Gasteiger partial charge in [-0.25, -0.2) is 4.39 Å². The molecule has 0 saturated heterocycles. The Labute approximate surface area is 122 Å². The minimum absolute atomic E-state index is 0.222. The average molecular weight is 330 g/mol. The van der Waals surface area contributed by atoms with Crippen LogP contribution in [0.15, 0.2) is 22.7 Å². The largest absolute Gasteiger partial charge is 0.352 e. The fraction of sp³-hybridized carbons (Fsp3) is 0.533. The number of carbonyl (C=O) groups excluding carboxylic acids is 1. The zero-order chi connectivity index (χ0) is 14.1. The number of amides is 1. The lowest BCUT2D eigenvalue weighted by Crippen LogP contribution is -2.24. The second-order valence-electron chi connectivity index (χ2n) is 4.65. The summed E-state index contributed by atoms with van der Waals surface area (Å²) < 4.78 is 13.7. The van der Waals surface area contributed by atoms with Crippen LogP contribution in [0, 0.1) is 5.82 Å². The van der Waals surface area contributed by atoms with E-state index >= 15 is 0 Å². The first-order valence-corrected chi connectivity index (χ1v) is 7.67. The molecule has 2 nitrogen and oxygen atoms in total. The predicted molar refractivity (Wildman–Crippen MR) is 79.8 cm³/mol. The number of hydrogen-bond donors (Lipinski definition) is 1. The first-order valence-electron chi connectivity index (χ1n) is 6.88. The van der Waals surface area contributed by atoms with Crippen molar-refractivity contribution in [2.24, 2.45) is 0 Å². The normalized spacial score (nSPS) is 10.5. The Morgan fingerprint density at radius 3 is 2.63 bits per heavy atom. The molecule has 4 heteroatoms. The van der Waals surface area contributed by atoms with E-state index in [4.69, 9.17) is 0 Å².